The monoisotopic (exact) mass is 327 g/mol. The summed E-state index contributed by atoms with van der Waals surface area (Å²) < 4.78 is 0. The first-order chi connectivity index (χ1) is 10.9. The average Bonchev–Trinajstić information content (AvgIpc) is 2.47. The Morgan fingerprint density at radius 2 is 1.91 bits per heavy atom. The first kappa shape index (κ1) is 17.4. The SMILES string of the molecule is Cc1ccnc(NC(=S)N[C@@H](C)CC(C)(C)c2ccccc2)c1. The number of benzene rings is 1. The zero-order chi connectivity index (χ0) is 16.9. The molecule has 122 valence electrons. The summed E-state index contributed by atoms with van der Waals surface area (Å²) in [5.41, 5.74) is 2.58. The number of nitrogens with zero attached hydrogens (tertiary/aromatic N) is 1. The van der Waals surface area contributed by atoms with E-state index in [4.69, 9.17) is 12.2 Å². The van der Waals surface area contributed by atoms with Gasteiger partial charge in [-0.1, -0.05) is 44.2 Å². The van der Waals surface area contributed by atoms with Crippen LogP contribution >= 0.6 is 12.2 Å². The first-order valence-corrected chi connectivity index (χ1v) is 8.33. The van der Waals surface area contributed by atoms with Crippen molar-refractivity contribution < 1.29 is 0 Å². The van der Waals surface area contributed by atoms with Crippen molar-refractivity contribution in [3.05, 3.63) is 59.8 Å². The van der Waals surface area contributed by atoms with Gasteiger partial charge < -0.3 is 10.6 Å². The largest absolute Gasteiger partial charge is 0.360 e. The van der Waals surface area contributed by atoms with Crippen LogP contribution in [0.5, 0.6) is 0 Å². The molecular weight excluding hydrogens is 302 g/mol. The molecule has 3 nitrogen and oxygen atoms in total. The molecule has 0 fully saturated rings. The van der Waals surface area contributed by atoms with E-state index in [9.17, 15) is 0 Å². The van der Waals surface area contributed by atoms with Crippen LogP contribution < -0.4 is 10.6 Å². The number of hydrogen-bond donors (Lipinski definition) is 2. The van der Waals surface area contributed by atoms with Gasteiger partial charge in [0.2, 0.25) is 0 Å². The smallest absolute Gasteiger partial charge is 0.172 e. The molecule has 0 aliphatic rings. The minimum Gasteiger partial charge on any atom is -0.360 e. The lowest BCUT2D eigenvalue weighted by atomic mass is 9.79. The Hall–Kier alpha value is -1.94. The van der Waals surface area contributed by atoms with Crippen LogP contribution in [0.25, 0.3) is 0 Å². The zero-order valence-electron chi connectivity index (χ0n) is 14.3. The van der Waals surface area contributed by atoms with Gasteiger partial charge in [-0.2, -0.15) is 0 Å². The number of thiocarbonyl (C=S) groups is 1. The molecule has 0 radical (unpaired) electrons. The lowest BCUT2D eigenvalue weighted by Gasteiger charge is -2.29. The van der Waals surface area contributed by atoms with Crippen LogP contribution in [-0.4, -0.2) is 16.1 Å². The molecule has 0 amide bonds. The van der Waals surface area contributed by atoms with Crippen molar-refractivity contribution in [1.29, 1.82) is 0 Å². The third-order valence-corrected chi connectivity index (χ3v) is 4.13. The van der Waals surface area contributed by atoms with Gasteiger partial charge in [-0.3, -0.25) is 0 Å². The van der Waals surface area contributed by atoms with E-state index >= 15 is 0 Å². The van der Waals surface area contributed by atoms with E-state index in [-0.39, 0.29) is 11.5 Å². The van der Waals surface area contributed by atoms with Crippen molar-refractivity contribution in [2.24, 2.45) is 0 Å². The van der Waals surface area contributed by atoms with Gasteiger partial charge in [0.1, 0.15) is 5.82 Å². The number of nitrogens with one attached hydrogen (secondary N) is 2. The second kappa shape index (κ2) is 7.55. The highest BCUT2D eigenvalue weighted by atomic mass is 32.1. The second-order valence-corrected chi connectivity index (χ2v) is 7.08. The fourth-order valence-electron chi connectivity index (χ4n) is 2.80. The molecule has 1 heterocycles. The lowest BCUT2D eigenvalue weighted by molar-refractivity contribution is 0.420. The van der Waals surface area contributed by atoms with E-state index in [2.05, 4.69) is 66.7 Å². The molecule has 0 saturated heterocycles. The molecule has 0 bridgehead atoms. The number of hydrogen-bond acceptors (Lipinski definition) is 2. The van der Waals surface area contributed by atoms with Gasteiger partial charge in [0.25, 0.3) is 0 Å². The molecule has 0 saturated carbocycles. The minimum absolute atomic E-state index is 0.0882. The number of aromatic nitrogens is 1. The fraction of sp³-hybridized carbons (Fsp3) is 0.368. The van der Waals surface area contributed by atoms with Gasteiger partial charge in [-0.25, -0.2) is 4.98 Å². The van der Waals surface area contributed by atoms with Crippen molar-refractivity contribution >= 4 is 23.1 Å². The molecule has 0 aliphatic carbocycles. The number of rotatable bonds is 5. The summed E-state index contributed by atoms with van der Waals surface area (Å²) in [6.45, 7) is 8.72. The average molecular weight is 327 g/mol. The van der Waals surface area contributed by atoms with Crippen molar-refractivity contribution in [2.75, 3.05) is 5.32 Å². The molecule has 4 heteroatoms. The molecule has 1 aromatic carbocycles. The molecule has 23 heavy (non-hydrogen) atoms. The summed E-state index contributed by atoms with van der Waals surface area (Å²) >= 11 is 5.40. The summed E-state index contributed by atoms with van der Waals surface area (Å²) in [5.74, 6) is 0.775. The molecular formula is C19H25N3S. The Kier molecular flexibility index (Phi) is 5.72. The van der Waals surface area contributed by atoms with Gasteiger partial charge in [0, 0.05) is 12.2 Å². The summed E-state index contributed by atoms with van der Waals surface area (Å²) in [6, 6.07) is 14.8. The van der Waals surface area contributed by atoms with Crippen molar-refractivity contribution in [3.63, 3.8) is 0 Å². The molecule has 2 N–H and O–H groups in total. The highest BCUT2D eigenvalue weighted by Crippen LogP contribution is 2.28. The lowest BCUT2D eigenvalue weighted by Crippen LogP contribution is -2.39. The van der Waals surface area contributed by atoms with Crippen LogP contribution in [0, 0.1) is 6.92 Å². The van der Waals surface area contributed by atoms with E-state index in [1.165, 1.54) is 5.56 Å². The zero-order valence-corrected chi connectivity index (χ0v) is 15.1. The predicted octanol–water partition coefficient (Wildman–Crippen LogP) is 4.43. The van der Waals surface area contributed by atoms with Crippen molar-refractivity contribution in [3.8, 4) is 0 Å². The van der Waals surface area contributed by atoms with Gasteiger partial charge in [-0.05, 0) is 61.2 Å². The minimum atomic E-state index is 0.0882. The number of anilines is 1. The van der Waals surface area contributed by atoms with E-state index in [0.717, 1.165) is 17.8 Å². The normalized spacial score (nSPS) is 12.5. The van der Waals surface area contributed by atoms with Gasteiger partial charge in [0.15, 0.2) is 5.11 Å². The standard InChI is InChI=1S/C19H25N3S/c1-14-10-11-20-17(12-14)22-18(23)21-15(2)13-19(3,4)16-8-6-5-7-9-16/h5-12,15H,13H2,1-4H3,(H2,20,21,22,23)/t15-/m0/s1. The van der Waals surface area contributed by atoms with Gasteiger partial charge in [-0.15, -0.1) is 0 Å². The Balaban J connectivity index is 1.91. The maximum absolute atomic E-state index is 5.40. The van der Waals surface area contributed by atoms with Gasteiger partial charge >= 0.3 is 0 Å². The highest BCUT2D eigenvalue weighted by molar-refractivity contribution is 7.80. The van der Waals surface area contributed by atoms with Crippen LogP contribution in [0.4, 0.5) is 5.82 Å². The Labute approximate surface area is 144 Å². The molecule has 0 unspecified atom stereocenters. The van der Waals surface area contributed by atoms with Crippen LogP contribution in [0.3, 0.4) is 0 Å². The van der Waals surface area contributed by atoms with E-state index in [1.54, 1.807) is 6.20 Å². The second-order valence-electron chi connectivity index (χ2n) is 6.67. The Bertz CT molecular complexity index is 653. The topological polar surface area (TPSA) is 37.0 Å². The molecule has 0 spiro atoms. The van der Waals surface area contributed by atoms with E-state index in [1.807, 2.05) is 19.1 Å². The molecule has 2 aromatic rings. The Morgan fingerprint density at radius 3 is 2.57 bits per heavy atom. The van der Waals surface area contributed by atoms with Crippen molar-refractivity contribution in [1.82, 2.24) is 10.3 Å². The van der Waals surface area contributed by atoms with E-state index in [0.29, 0.717) is 5.11 Å². The quantitative estimate of drug-likeness (QED) is 0.797. The van der Waals surface area contributed by atoms with Gasteiger partial charge in [0.05, 0.1) is 0 Å². The van der Waals surface area contributed by atoms with Crippen LogP contribution in [0.1, 0.15) is 38.3 Å². The predicted molar refractivity (Wildman–Crippen MR) is 102 cm³/mol. The summed E-state index contributed by atoms with van der Waals surface area (Å²) in [7, 11) is 0. The third kappa shape index (κ3) is 5.32. The van der Waals surface area contributed by atoms with Crippen LogP contribution in [0.15, 0.2) is 48.7 Å². The molecule has 0 aliphatic heterocycles. The van der Waals surface area contributed by atoms with Crippen LogP contribution in [-0.2, 0) is 5.41 Å². The van der Waals surface area contributed by atoms with Crippen molar-refractivity contribution in [2.45, 2.75) is 45.6 Å². The summed E-state index contributed by atoms with van der Waals surface area (Å²) in [4.78, 5) is 4.27. The maximum Gasteiger partial charge on any atom is 0.172 e. The Morgan fingerprint density at radius 1 is 1.22 bits per heavy atom. The summed E-state index contributed by atoms with van der Waals surface area (Å²) in [6.07, 6.45) is 2.77. The first-order valence-electron chi connectivity index (χ1n) is 7.92. The molecule has 2 rings (SSSR count). The summed E-state index contributed by atoms with van der Waals surface area (Å²) in [5, 5.41) is 7.11. The van der Waals surface area contributed by atoms with E-state index < -0.39 is 0 Å². The maximum atomic E-state index is 5.40. The fourth-order valence-corrected chi connectivity index (χ4v) is 3.11. The number of pyridine rings is 1. The molecule has 1 atom stereocenters. The van der Waals surface area contributed by atoms with Crippen LogP contribution in [0.2, 0.25) is 0 Å². The third-order valence-electron chi connectivity index (χ3n) is 3.91. The highest BCUT2D eigenvalue weighted by Gasteiger charge is 2.23. The molecule has 1 aromatic heterocycles. The number of aryl methyl sites for hydroxylation is 1.